The monoisotopic (exact) mass is 570 g/mol. The Balaban J connectivity index is 1.55. The molecule has 12 heteroatoms. The highest BCUT2D eigenvalue weighted by Gasteiger charge is 2.35. The van der Waals surface area contributed by atoms with Crippen LogP contribution in [0.4, 0.5) is 14.9 Å². The van der Waals surface area contributed by atoms with E-state index in [0.29, 0.717) is 11.3 Å². The van der Waals surface area contributed by atoms with Gasteiger partial charge < -0.3 is 14.2 Å². The van der Waals surface area contributed by atoms with Crippen molar-refractivity contribution in [2.75, 3.05) is 11.9 Å². The third kappa shape index (κ3) is 6.65. The van der Waals surface area contributed by atoms with Crippen molar-refractivity contribution in [3.05, 3.63) is 88.6 Å². The van der Waals surface area contributed by atoms with Crippen molar-refractivity contribution in [1.29, 1.82) is 0 Å². The Kier molecular flexibility index (Phi) is 8.36. The number of anilines is 1. The average Bonchev–Trinajstić information content (AvgIpc) is 3.14. The highest BCUT2D eigenvalue weighted by molar-refractivity contribution is 8.18. The van der Waals surface area contributed by atoms with Crippen LogP contribution in [0.15, 0.2) is 76.5 Å². The van der Waals surface area contributed by atoms with Crippen LogP contribution in [0, 0.1) is 5.82 Å². The van der Waals surface area contributed by atoms with E-state index in [1.54, 1.807) is 13.0 Å². The molecule has 1 heterocycles. The van der Waals surface area contributed by atoms with Crippen LogP contribution in [0.2, 0.25) is 0 Å². The molecule has 3 aromatic rings. The van der Waals surface area contributed by atoms with Crippen LogP contribution in [0.25, 0.3) is 6.08 Å². The minimum absolute atomic E-state index is 0.0763. The molecule has 1 saturated heterocycles. The van der Waals surface area contributed by atoms with Crippen molar-refractivity contribution in [2.45, 2.75) is 25.3 Å². The van der Waals surface area contributed by atoms with E-state index in [1.807, 2.05) is 0 Å². The molecule has 1 N–H and O–H groups in total. The molecule has 39 heavy (non-hydrogen) atoms. The lowest BCUT2D eigenvalue weighted by Gasteiger charge is -2.13. The number of carbonyl (C=O) groups excluding carboxylic acids is 3. The van der Waals surface area contributed by atoms with E-state index in [1.165, 1.54) is 73.7 Å². The Labute approximate surface area is 228 Å². The number of hydrogen-bond acceptors (Lipinski definition) is 8. The summed E-state index contributed by atoms with van der Waals surface area (Å²) < 4.78 is 50.6. The number of nitrogens with zero attached hydrogens (tertiary/aromatic N) is 1. The number of amides is 3. The molecular formula is C27H23FN2O7S2. The maximum Gasteiger partial charge on any atom is 0.339 e. The lowest BCUT2D eigenvalue weighted by molar-refractivity contribution is -0.123. The van der Waals surface area contributed by atoms with Gasteiger partial charge in [0, 0.05) is 18.2 Å². The summed E-state index contributed by atoms with van der Waals surface area (Å²) in [6.07, 6.45) is 1.47. The number of hydrogen-bond donors (Lipinski definition) is 1. The molecule has 0 aliphatic carbocycles. The number of benzene rings is 3. The molecule has 0 saturated carbocycles. The van der Waals surface area contributed by atoms with Gasteiger partial charge in [-0.1, -0.05) is 24.3 Å². The highest BCUT2D eigenvalue weighted by atomic mass is 32.2. The maximum absolute atomic E-state index is 14.0. The van der Waals surface area contributed by atoms with Crippen LogP contribution in [0.5, 0.6) is 11.5 Å². The minimum atomic E-state index is -4.24. The van der Waals surface area contributed by atoms with Crippen molar-refractivity contribution in [3.8, 4) is 11.5 Å². The standard InChI is InChI=1S/C27H23FN2O7S2/c1-3-36-24-14-18(15-25-26(32)30(27(33)38-25)16-19-6-4-5-7-22(19)28)8-13-23(24)37-39(34,35)21-11-9-20(10-12-21)29-17(2)31/h4-15H,3,16H2,1-2H3,(H,29,31)/b25-15-. The SMILES string of the molecule is CCOc1cc(/C=C2\SC(=O)N(Cc3ccccc3F)C2=O)ccc1OS(=O)(=O)c1ccc(NC(C)=O)cc1. The van der Waals surface area contributed by atoms with E-state index in [9.17, 15) is 27.2 Å². The second-order valence-corrected chi connectivity index (χ2v) is 10.8. The largest absolute Gasteiger partial charge is 0.490 e. The summed E-state index contributed by atoms with van der Waals surface area (Å²) in [6.45, 7) is 3.04. The molecular weight excluding hydrogens is 547 g/mol. The molecule has 0 spiro atoms. The van der Waals surface area contributed by atoms with Gasteiger partial charge in [-0.2, -0.15) is 8.42 Å². The van der Waals surface area contributed by atoms with Gasteiger partial charge in [0.2, 0.25) is 5.91 Å². The molecule has 0 unspecified atom stereocenters. The van der Waals surface area contributed by atoms with Gasteiger partial charge in [0.1, 0.15) is 10.7 Å². The van der Waals surface area contributed by atoms with Gasteiger partial charge in [-0.05, 0) is 72.8 Å². The van der Waals surface area contributed by atoms with Crippen LogP contribution in [-0.4, -0.2) is 37.0 Å². The first-order chi connectivity index (χ1) is 18.6. The first-order valence-corrected chi connectivity index (χ1v) is 13.9. The van der Waals surface area contributed by atoms with E-state index < -0.39 is 27.1 Å². The average molecular weight is 571 g/mol. The fraction of sp³-hybridized carbons (Fsp3) is 0.148. The fourth-order valence-corrected chi connectivity index (χ4v) is 5.39. The number of ether oxygens (including phenoxy) is 1. The molecule has 202 valence electrons. The van der Waals surface area contributed by atoms with Crippen molar-refractivity contribution >= 4 is 50.7 Å². The summed E-state index contributed by atoms with van der Waals surface area (Å²) in [4.78, 5) is 37.5. The molecule has 0 aromatic heterocycles. The predicted octanol–water partition coefficient (Wildman–Crippen LogP) is 5.19. The summed E-state index contributed by atoms with van der Waals surface area (Å²) in [5.74, 6) is -1.35. The van der Waals surface area contributed by atoms with Gasteiger partial charge >= 0.3 is 10.1 Å². The second kappa shape index (κ2) is 11.7. The summed E-state index contributed by atoms with van der Waals surface area (Å²) >= 11 is 0.719. The summed E-state index contributed by atoms with van der Waals surface area (Å²) in [5, 5.41) is 2.02. The number of nitrogens with one attached hydrogen (secondary N) is 1. The lowest BCUT2D eigenvalue weighted by atomic mass is 10.1. The zero-order valence-electron chi connectivity index (χ0n) is 20.8. The van der Waals surface area contributed by atoms with Crippen molar-refractivity contribution in [3.63, 3.8) is 0 Å². The van der Waals surface area contributed by atoms with Crippen molar-refractivity contribution in [2.24, 2.45) is 0 Å². The number of rotatable bonds is 9. The quantitative estimate of drug-likeness (QED) is 0.276. The molecule has 3 aromatic carbocycles. The normalized spacial score (nSPS) is 14.5. The Bertz CT molecular complexity index is 1570. The van der Waals surface area contributed by atoms with Gasteiger partial charge in [-0.3, -0.25) is 19.3 Å². The molecule has 9 nitrogen and oxygen atoms in total. The van der Waals surface area contributed by atoms with Gasteiger partial charge in [-0.15, -0.1) is 0 Å². The van der Waals surface area contributed by atoms with Crippen molar-refractivity contribution in [1.82, 2.24) is 4.90 Å². The summed E-state index contributed by atoms with van der Waals surface area (Å²) in [6, 6.07) is 15.7. The Morgan fingerprint density at radius 2 is 1.77 bits per heavy atom. The van der Waals surface area contributed by atoms with Gasteiger partial charge in [0.15, 0.2) is 11.5 Å². The number of halogens is 1. The Morgan fingerprint density at radius 3 is 2.44 bits per heavy atom. The van der Waals surface area contributed by atoms with Crippen LogP contribution >= 0.6 is 11.8 Å². The van der Waals surface area contributed by atoms with E-state index in [4.69, 9.17) is 8.92 Å². The van der Waals surface area contributed by atoms with Crippen LogP contribution in [-0.2, 0) is 26.3 Å². The first-order valence-electron chi connectivity index (χ1n) is 11.6. The van der Waals surface area contributed by atoms with Crippen LogP contribution < -0.4 is 14.2 Å². The van der Waals surface area contributed by atoms with Crippen molar-refractivity contribution < 1.29 is 36.1 Å². The maximum atomic E-state index is 14.0. The smallest absolute Gasteiger partial charge is 0.339 e. The number of imide groups is 1. The van der Waals surface area contributed by atoms with E-state index in [-0.39, 0.29) is 45.9 Å². The summed E-state index contributed by atoms with van der Waals surface area (Å²) in [5.41, 5.74) is 1.10. The molecule has 4 rings (SSSR count). The van der Waals surface area contributed by atoms with Gasteiger partial charge in [-0.25, -0.2) is 4.39 Å². The molecule has 0 atom stereocenters. The molecule has 1 aliphatic heterocycles. The molecule has 0 radical (unpaired) electrons. The van der Waals surface area contributed by atoms with Gasteiger partial charge in [0.25, 0.3) is 11.1 Å². The van der Waals surface area contributed by atoms with Gasteiger partial charge in [0.05, 0.1) is 18.1 Å². The Morgan fingerprint density at radius 1 is 1.05 bits per heavy atom. The molecule has 3 amide bonds. The predicted molar refractivity (Wildman–Crippen MR) is 144 cm³/mol. The molecule has 1 aliphatic rings. The van der Waals surface area contributed by atoms with E-state index >= 15 is 0 Å². The molecule has 0 bridgehead atoms. The third-order valence-electron chi connectivity index (χ3n) is 5.39. The number of carbonyl (C=O) groups is 3. The van der Waals surface area contributed by atoms with E-state index in [0.717, 1.165) is 16.7 Å². The zero-order valence-corrected chi connectivity index (χ0v) is 22.5. The summed E-state index contributed by atoms with van der Waals surface area (Å²) in [7, 11) is -4.24. The zero-order chi connectivity index (χ0) is 28.2. The van der Waals surface area contributed by atoms with Crippen LogP contribution in [0.3, 0.4) is 0 Å². The topological polar surface area (TPSA) is 119 Å². The third-order valence-corrected chi connectivity index (χ3v) is 7.54. The van der Waals surface area contributed by atoms with Crippen LogP contribution in [0.1, 0.15) is 25.0 Å². The minimum Gasteiger partial charge on any atom is -0.490 e. The molecule has 1 fully saturated rings. The Hall–Kier alpha value is -4.16. The number of thioether (sulfide) groups is 1. The lowest BCUT2D eigenvalue weighted by Crippen LogP contribution is -2.27. The second-order valence-electron chi connectivity index (χ2n) is 8.24. The highest BCUT2D eigenvalue weighted by Crippen LogP contribution is 2.36. The fourth-order valence-electron chi connectivity index (χ4n) is 3.61. The van der Waals surface area contributed by atoms with E-state index in [2.05, 4.69) is 5.32 Å². The first kappa shape index (κ1) is 27.9.